The summed E-state index contributed by atoms with van der Waals surface area (Å²) in [6, 6.07) is 16.2. The maximum absolute atomic E-state index is 12.5. The molecule has 0 atom stereocenters. The van der Waals surface area contributed by atoms with Crippen LogP contribution in [0.3, 0.4) is 0 Å². The van der Waals surface area contributed by atoms with Gasteiger partial charge in [-0.1, -0.05) is 24.3 Å². The van der Waals surface area contributed by atoms with Gasteiger partial charge in [-0.15, -0.1) is 0 Å². The van der Waals surface area contributed by atoms with Crippen molar-refractivity contribution in [1.82, 2.24) is 15.3 Å². The molecule has 2 aromatic carbocycles. The molecule has 1 heterocycles. The molecule has 1 aliphatic carbocycles. The average Bonchev–Trinajstić information content (AvgIpc) is 3.15. The molecule has 4 rings (SSSR count). The van der Waals surface area contributed by atoms with Gasteiger partial charge in [0.25, 0.3) is 0 Å². The highest BCUT2D eigenvalue weighted by atomic mass is 16.5. The van der Waals surface area contributed by atoms with Crippen LogP contribution in [0.25, 0.3) is 11.0 Å². The fourth-order valence-electron chi connectivity index (χ4n) is 3.79. The van der Waals surface area contributed by atoms with Crippen molar-refractivity contribution in [1.29, 1.82) is 0 Å². The minimum absolute atomic E-state index is 0.0898. The number of para-hydroxylation sites is 2. The van der Waals surface area contributed by atoms with Crippen LogP contribution < -0.4 is 15.4 Å². The van der Waals surface area contributed by atoms with E-state index in [-0.39, 0.29) is 11.8 Å². The minimum Gasteiger partial charge on any atom is -0.497 e. The molecule has 0 saturated heterocycles. The first-order chi connectivity index (χ1) is 13.7. The van der Waals surface area contributed by atoms with Gasteiger partial charge in [-0.3, -0.25) is 4.79 Å². The average molecular weight is 378 g/mol. The topological polar surface area (TPSA) is 79.0 Å². The summed E-state index contributed by atoms with van der Waals surface area (Å²) < 4.78 is 5.16. The van der Waals surface area contributed by atoms with Crippen LogP contribution in [0, 0.1) is 5.92 Å². The van der Waals surface area contributed by atoms with Crippen LogP contribution in [0.1, 0.15) is 31.2 Å². The van der Waals surface area contributed by atoms with Gasteiger partial charge in [0.15, 0.2) is 0 Å². The molecule has 1 saturated carbocycles. The first-order valence-electron chi connectivity index (χ1n) is 9.83. The summed E-state index contributed by atoms with van der Waals surface area (Å²) in [5, 5.41) is 6.56. The number of amides is 1. The van der Waals surface area contributed by atoms with Crippen molar-refractivity contribution < 1.29 is 9.53 Å². The number of hydrogen-bond donors (Lipinski definition) is 3. The van der Waals surface area contributed by atoms with Gasteiger partial charge in [0.05, 0.1) is 18.1 Å². The zero-order chi connectivity index (χ0) is 19.3. The van der Waals surface area contributed by atoms with E-state index in [9.17, 15) is 4.79 Å². The summed E-state index contributed by atoms with van der Waals surface area (Å²) in [6.45, 7) is 0.556. The molecule has 146 valence electrons. The minimum atomic E-state index is 0.0898. The summed E-state index contributed by atoms with van der Waals surface area (Å²) in [5.41, 5.74) is 3.09. The Morgan fingerprint density at radius 2 is 1.86 bits per heavy atom. The molecule has 1 aliphatic rings. The lowest BCUT2D eigenvalue weighted by Gasteiger charge is -2.28. The van der Waals surface area contributed by atoms with E-state index in [4.69, 9.17) is 4.74 Å². The van der Waals surface area contributed by atoms with Crippen LogP contribution in [0.4, 0.5) is 5.95 Å². The number of aromatic nitrogens is 2. The van der Waals surface area contributed by atoms with Crippen molar-refractivity contribution in [3.05, 3.63) is 54.1 Å². The highest BCUT2D eigenvalue weighted by Gasteiger charge is 2.26. The molecular formula is C22H26N4O2. The highest BCUT2D eigenvalue weighted by molar-refractivity contribution is 5.79. The summed E-state index contributed by atoms with van der Waals surface area (Å²) in [5.74, 6) is 1.88. The number of rotatable bonds is 6. The van der Waals surface area contributed by atoms with E-state index in [2.05, 4.69) is 20.6 Å². The van der Waals surface area contributed by atoms with E-state index in [1.807, 2.05) is 48.5 Å². The van der Waals surface area contributed by atoms with Crippen LogP contribution >= 0.6 is 0 Å². The Bertz CT molecular complexity index is 894. The zero-order valence-electron chi connectivity index (χ0n) is 16.1. The largest absolute Gasteiger partial charge is 0.497 e. The molecule has 0 spiro atoms. The van der Waals surface area contributed by atoms with Gasteiger partial charge in [0.2, 0.25) is 11.9 Å². The number of carbonyl (C=O) groups is 1. The van der Waals surface area contributed by atoms with E-state index in [0.29, 0.717) is 12.6 Å². The number of nitrogens with one attached hydrogen (secondary N) is 3. The maximum atomic E-state index is 12.5. The van der Waals surface area contributed by atoms with Crippen LogP contribution in [-0.2, 0) is 11.3 Å². The summed E-state index contributed by atoms with van der Waals surface area (Å²) in [4.78, 5) is 20.4. The van der Waals surface area contributed by atoms with Crippen LogP contribution in [0.15, 0.2) is 48.5 Å². The van der Waals surface area contributed by atoms with Crippen molar-refractivity contribution in [3.8, 4) is 5.75 Å². The number of hydrogen-bond acceptors (Lipinski definition) is 4. The number of imidazole rings is 1. The molecule has 3 N–H and O–H groups in total. The Labute approximate surface area is 164 Å². The number of fused-ring (bicyclic) bond motifs is 1. The molecular weight excluding hydrogens is 352 g/mol. The molecule has 6 nitrogen and oxygen atoms in total. The standard InChI is InChI=1S/C22H26N4O2/c1-28-18-12-6-15(7-13-18)14-23-21(27)16-8-10-17(11-9-16)24-22-25-19-4-2-3-5-20(19)26-22/h2-7,12-13,16-17H,8-11,14H2,1H3,(H,23,27)(H2,24,25,26). The monoisotopic (exact) mass is 378 g/mol. The van der Waals surface area contributed by atoms with E-state index >= 15 is 0 Å². The Balaban J connectivity index is 1.24. The number of benzene rings is 2. The number of ether oxygens (including phenoxy) is 1. The molecule has 1 amide bonds. The first kappa shape index (κ1) is 18.3. The second-order valence-corrected chi connectivity index (χ2v) is 7.36. The molecule has 3 aromatic rings. The highest BCUT2D eigenvalue weighted by Crippen LogP contribution is 2.27. The van der Waals surface area contributed by atoms with Gasteiger partial charge in [-0.2, -0.15) is 0 Å². The van der Waals surface area contributed by atoms with Crippen molar-refractivity contribution in [2.45, 2.75) is 38.3 Å². The zero-order valence-corrected chi connectivity index (χ0v) is 16.1. The molecule has 6 heteroatoms. The molecule has 1 fully saturated rings. The van der Waals surface area contributed by atoms with Crippen LogP contribution in [-0.4, -0.2) is 29.0 Å². The number of anilines is 1. The lowest BCUT2D eigenvalue weighted by molar-refractivity contribution is -0.126. The molecule has 0 bridgehead atoms. The molecule has 28 heavy (non-hydrogen) atoms. The van der Waals surface area contributed by atoms with E-state index in [1.54, 1.807) is 7.11 Å². The number of methoxy groups -OCH3 is 1. The van der Waals surface area contributed by atoms with Crippen LogP contribution in [0.2, 0.25) is 0 Å². The Kier molecular flexibility index (Phi) is 5.46. The van der Waals surface area contributed by atoms with Gasteiger partial charge in [-0.25, -0.2) is 4.98 Å². The SMILES string of the molecule is COc1ccc(CNC(=O)C2CCC(Nc3nc4ccccc4[nH]3)CC2)cc1. The fourth-order valence-corrected chi connectivity index (χ4v) is 3.79. The van der Waals surface area contributed by atoms with Crippen LogP contribution in [0.5, 0.6) is 5.75 Å². The number of H-pyrrole nitrogens is 1. The summed E-state index contributed by atoms with van der Waals surface area (Å²) in [6.07, 6.45) is 3.73. The van der Waals surface area contributed by atoms with E-state index in [1.165, 1.54) is 0 Å². The second kappa shape index (κ2) is 8.33. The maximum Gasteiger partial charge on any atom is 0.223 e. The number of carbonyl (C=O) groups excluding carboxylic acids is 1. The number of aromatic amines is 1. The Morgan fingerprint density at radius 3 is 2.57 bits per heavy atom. The second-order valence-electron chi connectivity index (χ2n) is 7.36. The lowest BCUT2D eigenvalue weighted by Crippen LogP contribution is -2.35. The van der Waals surface area contributed by atoms with Crippen molar-refractivity contribution in [2.75, 3.05) is 12.4 Å². The fraction of sp³-hybridized carbons (Fsp3) is 0.364. The Hall–Kier alpha value is -3.02. The first-order valence-corrected chi connectivity index (χ1v) is 9.83. The molecule has 1 aromatic heterocycles. The third-order valence-electron chi connectivity index (χ3n) is 5.45. The molecule has 0 unspecified atom stereocenters. The van der Waals surface area contributed by atoms with Crippen molar-refractivity contribution in [2.24, 2.45) is 5.92 Å². The van der Waals surface area contributed by atoms with Gasteiger partial charge >= 0.3 is 0 Å². The van der Waals surface area contributed by atoms with E-state index in [0.717, 1.165) is 54.0 Å². The predicted molar refractivity (Wildman–Crippen MR) is 110 cm³/mol. The summed E-state index contributed by atoms with van der Waals surface area (Å²) in [7, 11) is 1.65. The lowest BCUT2D eigenvalue weighted by atomic mass is 9.85. The normalized spacial score (nSPS) is 19.3. The quantitative estimate of drug-likeness (QED) is 0.609. The van der Waals surface area contributed by atoms with Gasteiger partial charge < -0.3 is 20.4 Å². The van der Waals surface area contributed by atoms with Gasteiger partial charge in [0.1, 0.15) is 5.75 Å². The number of nitrogens with zero attached hydrogens (tertiary/aromatic N) is 1. The van der Waals surface area contributed by atoms with E-state index < -0.39 is 0 Å². The predicted octanol–water partition coefficient (Wildman–Crippen LogP) is 3.86. The smallest absolute Gasteiger partial charge is 0.223 e. The van der Waals surface area contributed by atoms with Gasteiger partial charge in [0, 0.05) is 18.5 Å². The molecule has 0 aliphatic heterocycles. The third kappa shape index (κ3) is 4.27. The van der Waals surface area contributed by atoms with Gasteiger partial charge in [-0.05, 0) is 55.5 Å². The summed E-state index contributed by atoms with van der Waals surface area (Å²) >= 11 is 0. The third-order valence-corrected chi connectivity index (χ3v) is 5.45. The van der Waals surface area contributed by atoms with Crippen molar-refractivity contribution >= 4 is 22.9 Å². The molecule has 0 radical (unpaired) electrons. The van der Waals surface area contributed by atoms with Crippen molar-refractivity contribution in [3.63, 3.8) is 0 Å². The Morgan fingerprint density at radius 1 is 1.11 bits per heavy atom.